The van der Waals surface area contributed by atoms with Crippen molar-refractivity contribution in [2.24, 2.45) is 0 Å². The number of aliphatic hydroxyl groups is 1. The monoisotopic (exact) mass is 319 g/mol. The van der Waals surface area contributed by atoms with Crippen molar-refractivity contribution in [1.82, 2.24) is 4.57 Å². The van der Waals surface area contributed by atoms with Gasteiger partial charge in [0.25, 0.3) is 0 Å². The van der Waals surface area contributed by atoms with Crippen molar-refractivity contribution in [2.75, 3.05) is 7.11 Å². The average Bonchev–Trinajstić information content (AvgIpc) is 2.97. The third kappa shape index (κ3) is 2.23. The number of carbonyl (C=O) groups excluding carboxylic acids is 1. The first-order chi connectivity index (χ1) is 11.7. The van der Waals surface area contributed by atoms with E-state index in [2.05, 4.69) is 4.57 Å². The van der Waals surface area contributed by atoms with E-state index in [0.717, 1.165) is 22.0 Å². The molecule has 4 rings (SSSR count). The van der Waals surface area contributed by atoms with E-state index in [9.17, 15) is 9.90 Å². The van der Waals surface area contributed by atoms with E-state index in [1.165, 1.54) is 7.11 Å². The molecule has 1 aromatic heterocycles. The molecule has 0 bridgehead atoms. The maximum absolute atomic E-state index is 12.2. The lowest BCUT2D eigenvalue weighted by Crippen LogP contribution is -2.19. The molecule has 0 spiro atoms. The molecule has 1 atom stereocenters. The van der Waals surface area contributed by atoms with Crippen LogP contribution in [0.3, 0.4) is 0 Å². The summed E-state index contributed by atoms with van der Waals surface area (Å²) < 4.78 is 6.95. The van der Waals surface area contributed by atoms with Crippen LogP contribution in [0.25, 0.3) is 17.0 Å². The summed E-state index contributed by atoms with van der Waals surface area (Å²) in [6, 6.07) is 17.8. The van der Waals surface area contributed by atoms with E-state index in [-0.39, 0.29) is 5.57 Å². The first-order valence-corrected chi connectivity index (χ1v) is 7.83. The second-order valence-corrected chi connectivity index (χ2v) is 5.91. The summed E-state index contributed by atoms with van der Waals surface area (Å²) in [5.74, 6) is -0.518. The summed E-state index contributed by atoms with van der Waals surface area (Å²) in [4.78, 5) is 12.2. The Balaban J connectivity index is 2.02. The predicted octanol–water partition coefficient (Wildman–Crippen LogP) is 3.29. The first kappa shape index (κ1) is 14.7. The largest absolute Gasteiger partial charge is 0.466 e. The van der Waals surface area contributed by atoms with Gasteiger partial charge in [0.2, 0.25) is 0 Å². The highest BCUT2D eigenvalue weighted by Crippen LogP contribution is 2.33. The van der Waals surface area contributed by atoms with E-state index >= 15 is 0 Å². The number of benzene rings is 2. The van der Waals surface area contributed by atoms with Crippen molar-refractivity contribution >= 4 is 22.9 Å². The zero-order chi connectivity index (χ0) is 16.7. The van der Waals surface area contributed by atoms with E-state index in [0.29, 0.717) is 12.2 Å². The van der Waals surface area contributed by atoms with E-state index in [4.69, 9.17) is 4.74 Å². The van der Waals surface area contributed by atoms with Crippen molar-refractivity contribution in [3.8, 4) is 0 Å². The molecule has 3 aromatic rings. The number of hydrogen-bond acceptors (Lipinski definition) is 3. The van der Waals surface area contributed by atoms with Crippen molar-refractivity contribution in [1.29, 1.82) is 0 Å². The van der Waals surface area contributed by atoms with Gasteiger partial charge in [-0.2, -0.15) is 0 Å². The second-order valence-electron chi connectivity index (χ2n) is 5.91. The fraction of sp³-hybridized carbons (Fsp3) is 0.150. The van der Waals surface area contributed by atoms with Crippen molar-refractivity contribution < 1.29 is 14.6 Å². The topological polar surface area (TPSA) is 51.5 Å². The smallest absolute Gasteiger partial charge is 0.336 e. The highest BCUT2D eigenvalue weighted by molar-refractivity contribution is 5.96. The zero-order valence-corrected chi connectivity index (χ0v) is 13.3. The molecule has 0 saturated carbocycles. The van der Waals surface area contributed by atoms with E-state index in [1.54, 1.807) is 6.08 Å². The van der Waals surface area contributed by atoms with Crippen molar-refractivity contribution in [3.05, 3.63) is 77.0 Å². The number of hydrogen-bond donors (Lipinski definition) is 1. The molecule has 120 valence electrons. The molecule has 0 saturated heterocycles. The first-order valence-electron chi connectivity index (χ1n) is 7.83. The molecular formula is C20H17NO3. The molecule has 0 radical (unpaired) electrons. The molecule has 1 N–H and O–H groups in total. The van der Waals surface area contributed by atoms with Gasteiger partial charge < -0.3 is 14.4 Å². The van der Waals surface area contributed by atoms with Crippen LogP contribution in [0.15, 0.2) is 60.2 Å². The number of para-hydroxylation sites is 1. The lowest BCUT2D eigenvalue weighted by Gasteiger charge is -2.21. The Bertz CT molecular complexity index is 968. The van der Waals surface area contributed by atoms with Crippen LogP contribution in [-0.4, -0.2) is 22.8 Å². The minimum Gasteiger partial charge on any atom is -0.466 e. The van der Waals surface area contributed by atoms with Gasteiger partial charge in [0, 0.05) is 12.1 Å². The van der Waals surface area contributed by atoms with Crippen LogP contribution in [0.2, 0.25) is 0 Å². The molecule has 2 heterocycles. The third-order valence-electron chi connectivity index (χ3n) is 4.53. The number of methoxy groups -OCH3 is 1. The van der Waals surface area contributed by atoms with E-state index in [1.807, 2.05) is 54.6 Å². The maximum atomic E-state index is 12.2. The van der Waals surface area contributed by atoms with Crippen LogP contribution in [0.5, 0.6) is 0 Å². The molecule has 0 aliphatic carbocycles. The minimum atomic E-state index is -1.03. The van der Waals surface area contributed by atoms with Crippen LogP contribution < -0.4 is 0 Å². The molecule has 1 aliphatic heterocycles. The Kier molecular flexibility index (Phi) is 3.47. The Morgan fingerprint density at radius 2 is 1.92 bits per heavy atom. The second kappa shape index (κ2) is 5.65. The predicted molar refractivity (Wildman–Crippen MR) is 92.4 cm³/mol. The lowest BCUT2D eigenvalue weighted by atomic mass is 9.98. The van der Waals surface area contributed by atoms with Crippen LogP contribution >= 0.6 is 0 Å². The molecular weight excluding hydrogens is 302 g/mol. The quantitative estimate of drug-likeness (QED) is 0.700. The summed E-state index contributed by atoms with van der Waals surface area (Å²) in [6.07, 6.45) is 0.700. The molecule has 1 aliphatic rings. The van der Waals surface area contributed by atoms with E-state index < -0.39 is 12.1 Å². The average molecular weight is 319 g/mol. The third-order valence-corrected chi connectivity index (χ3v) is 4.53. The summed E-state index contributed by atoms with van der Waals surface area (Å²) in [5, 5.41) is 11.9. The summed E-state index contributed by atoms with van der Waals surface area (Å²) >= 11 is 0. The van der Waals surface area contributed by atoms with Crippen LogP contribution in [0.1, 0.15) is 22.9 Å². The number of aliphatic hydroxyl groups excluding tert-OH is 1. The summed E-state index contributed by atoms with van der Waals surface area (Å²) in [6.45, 7) is 0.640. The molecule has 24 heavy (non-hydrogen) atoms. The number of aromatic nitrogens is 1. The fourth-order valence-electron chi connectivity index (χ4n) is 3.32. The number of ether oxygens (including phenoxy) is 1. The van der Waals surface area contributed by atoms with Gasteiger partial charge >= 0.3 is 5.97 Å². The Hall–Kier alpha value is -2.85. The Morgan fingerprint density at radius 1 is 1.17 bits per heavy atom. The maximum Gasteiger partial charge on any atom is 0.336 e. The highest BCUT2D eigenvalue weighted by atomic mass is 16.5. The number of carbonyl (C=O) groups is 1. The zero-order valence-electron chi connectivity index (χ0n) is 13.3. The molecule has 2 aromatic carbocycles. The van der Waals surface area contributed by atoms with Crippen molar-refractivity contribution in [2.45, 2.75) is 12.6 Å². The lowest BCUT2D eigenvalue weighted by molar-refractivity contribution is -0.137. The Labute approximate surface area is 139 Å². The van der Waals surface area contributed by atoms with Crippen LogP contribution in [-0.2, 0) is 16.1 Å². The molecule has 4 nitrogen and oxygen atoms in total. The van der Waals surface area contributed by atoms with Gasteiger partial charge in [-0.15, -0.1) is 0 Å². The number of rotatable bonds is 1. The summed E-state index contributed by atoms with van der Waals surface area (Å²) in [7, 11) is 1.33. The fourth-order valence-corrected chi connectivity index (χ4v) is 3.32. The minimum absolute atomic E-state index is 0.244. The molecule has 1 unspecified atom stereocenters. The van der Waals surface area contributed by atoms with Gasteiger partial charge in [-0.3, -0.25) is 0 Å². The number of nitrogens with zero attached hydrogens (tertiary/aromatic N) is 1. The Morgan fingerprint density at radius 3 is 2.75 bits per heavy atom. The number of fused-ring (bicyclic) bond motifs is 4. The van der Waals surface area contributed by atoms with Gasteiger partial charge in [0.05, 0.1) is 18.4 Å². The standard InChI is InChI=1S/C20H17NO3/c1-24-20(23)16-10-13-6-2-3-8-15(13)12-21-17-9-5-4-7-14(17)11-18(21)19(16)22/h2-11,19,22H,12H2,1H3/b16-10+. The van der Waals surface area contributed by atoms with Crippen LogP contribution in [0.4, 0.5) is 0 Å². The molecule has 0 fully saturated rings. The van der Waals surface area contributed by atoms with Crippen molar-refractivity contribution in [3.63, 3.8) is 0 Å². The van der Waals surface area contributed by atoms with Gasteiger partial charge in [-0.1, -0.05) is 42.5 Å². The number of esters is 1. The highest BCUT2D eigenvalue weighted by Gasteiger charge is 2.27. The van der Waals surface area contributed by atoms with Gasteiger partial charge in [0.15, 0.2) is 0 Å². The molecule has 4 heteroatoms. The van der Waals surface area contributed by atoms with Gasteiger partial charge in [-0.25, -0.2) is 4.79 Å². The molecule has 0 amide bonds. The van der Waals surface area contributed by atoms with Gasteiger partial charge in [-0.05, 0) is 34.7 Å². The normalized spacial score (nSPS) is 18.8. The van der Waals surface area contributed by atoms with Crippen LogP contribution in [0, 0.1) is 0 Å². The van der Waals surface area contributed by atoms with Gasteiger partial charge in [0.1, 0.15) is 6.10 Å². The summed E-state index contributed by atoms with van der Waals surface area (Å²) in [5.41, 5.74) is 3.98. The SMILES string of the molecule is COC(=O)/C1=C/c2ccccc2Cn2c(cc3ccccc32)C1O.